The molecule has 0 aromatic heterocycles. The summed E-state index contributed by atoms with van der Waals surface area (Å²) in [6.07, 6.45) is 2.25. The SMILES string of the molecule is CNC(=O)C=CC(=O)OCC(C)C. The molecule has 0 heterocycles. The molecule has 0 aliphatic carbocycles. The second kappa shape index (κ2) is 6.22. The van der Waals surface area contributed by atoms with E-state index in [1.807, 2.05) is 13.8 Å². The fraction of sp³-hybridized carbons (Fsp3) is 0.556. The molecule has 0 saturated carbocycles. The molecule has 1 amide bonds. The lowest BCUT2D eigenvalue weighted by Gasteiger charge is -2.03. The number of carbonyl (C=O) groups excluding carboxylic acids is 2. The number of rotatable bonds is 4. The fourth-order valence-electron chi connectivity index (χ4n) is 0.524. The molecule has 0 radical (unpaired) electrons. The van der Waals surface area contributed by atoms with Gasteiger partial charge in [-0.1, -0.05) is 13.8 Å². The molecule has 0 bridgehead atoms. The summed E-state index contributed by atoms with van der Waals surface area (Å²) in [4.78, 5) is 21.5. The average Bonchev–Trinajstić information content (AvgIpc) is 2.10. The lowest BCUT2D eigenvalue weighted by atomic mass is 10.2. The Kier molecular flexibility index (Phi) is 5.59. The minimum Gasteiger partial charge on any atom is -0.462 e. The highest BCUT2D eigenvalue weighted by Gasteiger charge is 1.99. The van der Waals surface area contributed by atoms with Crippen LogP contribution in [0, 0.1) is 5.92 Å². The van der Waals surface area contributed by atoms with Crippen LogP contribution in [0.15, 0.2) is 12.2 Å². The number of amides is 1. The highest BCUT2D eigenvalue weighted by Crippen LogP contribution is 1.93. The molecule has 0 aromatic rings. The fourth-order valence-corrected chi connectivity index (χ4v) is 0.524. The Hall–Kier alpha value is -1.32. The zero-order valence-electron chi connectivity index (χ0n) is 8.16. The van der Waals surface area contributed by atoms with Crippen molar-refractivity contribution in [1.82, 2.24) is 5.32 Å². The minimum absolute atomic E-state index is 0.303. The molecule has 0 rings (SSSR count). The van der Waals surface area contributed by atoms with Crippen LogP contribution in [0.2, 0.25) is 0 Å². The summed E-state index contributed by atoms with van der Waals surface area (Å²) in [5.41, 5.74) is 0. The number of ether oxygens (including phenoxy) is 1. The molecule has 0 aromatic carbocycles. The van der Waals surface area contributed by atoms with Crippen LogP contribution in [-0.2, 0) is 14.3 Å². The summed E-state index contributed by atoms with van der Waals surface area (Å²) in [6, 6.07) is 0. The number of esters is 1. The first-order valence-electron chi connectivity index (χ1n) is 4.12. The Morgan fingerprint density at radius 2 is 2.00 bits per heavy atom. The van der Waals surface area contributed by atoms with Crippen LogP contribution < -0.4 is 5.32 Å². The van der Waals surface area contributed by atoms with Crippen LogP contribution in [0.3, 0.4) is 0 Å². The van der Waals surface area contributed by atoms with Gasteiger partial charge in [-0.2, -0.15) is 0 Å². The van der Waals surface area contributed by atoms with Crippen molar-refractivity contribution >= 4 is 11.9 Å². The predicted octanol–water partition coefficient (Wildman–Crippen LogP) is 0.488. The van der Waals surface area contributed by atoms with Gasteiger partial charge in [-0.15, -0.1) is 0 Å². The summed E-state index contributed by atoms with van der Waals surface area (Å²) in [5.74, 6) is -0.504. The van der Waals surface area contributed by atoms with Crippen molar-refractivity contribution in [3.8, 4) is 0 Å². The third-order valence-corrected chi connectivity index (χ3v) is 1.18. The van der Waals surface area contributed by atoms with Gasteiger partial charge in [-0.3, -0.25) is 4.79 Å². The molecule has 0 unspecified atom stereocenters. The molecule has 0 fully saturated rings. The van der Waals surface area contributed by atoms with E-state index in [0.29, 0.717) is 12.5 Å². The number of hydrogen-bond acceptors (Lipinski definition) is 3. The van der Waals surface area contributed by atoms with E-state index in [1.54, 1.807) is 0 Å². The lowest BCUT2D eigenvalue weighted by Crippen LogP contribution is -2.15. The second-order valence-electron chi connectivity index (χ2n) is 2.97. The number of likely N-dealkylation sites (N-methyl/N-ethyl adjacent to an activating group) is 1. The highest BCUT2D eigenvalue weighted by atomic mass is 16.5. The van der Waals surface area contributed by atoms with Gasteiger partial charge in [-0.25, -0.2) is 4.79 Å². The van der Waals surface area contributed by atoms with Crippen molar-refractivity contribution in [2.24, 2.45) is 5.92 Å². The number of hydrogen-bond donors (Lipinski definition) is 1. The molecule has 0 saturated heterocycles. The summed E-state index contributed by atoms with van der Waals surface area (Å²) in [7, 11) is 1.49. The second-order valence-corrected chi connectivity index (χ2v) is 2.97. The van der Waals surface area contributed by atoms with Gasteiger partial charge in [-0.05, 0) is 5.92 Å². The smallest absolute Gasteiger partial charge is 0.330 e. The molecule has 1 N–H and O–H groups in total. The lowest BCUT2D eigenvalue weighted by molar-refractivity contribution is -0.139. The van der Waals surface area contributed by atoms with Crippen LogP contribution >= 0.6 is 0 Å². The Morgan fingerprint density at radius 3 is 2.46 bits per heavy atom. The maximum Gasteiger partial charge on any atom is 0.330 e. The van der Waals surface area contributed by atoms with E-state index in [2.05, 4.69) is 5.32 Å². The number of carbonyl (C=O) groups is 2. The predicted molar refractivity (Wildman–Crippen MR) is 49.0 cm³/mol. The Bertz CT molecular complexity index is 209. The maximum atomic E-state index is 10.9. The molecular formula is C9H15NO3. The molecule has 4 heteroatoms. The summed E-state index contributed by atoms with van der Waals surface area (Å²) >= 11 is 0. The van der Waals surface area contributed by atoms with Gasteiger partial charge < -0.3 is 10.1 Å². The molecule has 74 valence electrons. The first-order chi connectivity index (χ1) is 6.06. The highest BCUT2D eigenvalue weighted by molar-refractivity contribution is 5.94. The van der Waals surface area contributed by atoms with E-state index in [9.17, 15) is 9.59 Å². The molecule has 0 atom stereocenters. The quantitative estimate of drug-likeness (QED) is 0.512. The summed E-state index contributed by atoms with van der Waals surface area (Å²) in [5, 5.41) is 2.35. The van der Waals surface area contributed by atoms with E-state index < -0.39 is 5.97 Å². The van der Waals surface area contributed by atoms with Gasteiger partial charge in [0, 0.05) is 19.2 Å². The zero-order valence-corrected chi connectivity index (χ0v) is 8.16. The van der Waals surface area contributed by atoms with Gasteiger partial charge in [0.1, 0.15) is 0 Å². The molecule has 0 aliphatic rings. The van der Waals surface area contributed by atoms with Crippen LogP contribution in [0.4, 0.5) is 0 Å². The van der Waals surface area contributed by atoms with Crippen molar-refractivity contribution in [2.75, 3.05) is 13.7 Å². The molecule has 0 spiro atoms. The van der Waals surface area contributed by atoms with E-state index >= 15 is 0 Å². The first-order valence-corrected chi connectivity index (χ1v) is 4.12. The topological polar surface area (TPSA) is 55.4 Å². The molecular weight excluding hydrogens is 170 g/mol. The van der Waals surface area contributed by atoms with E-state index in [0.717, 1.165) is 12.2 Å². The Morgan fingerprint density at radius 1 is 1.38 bits per heavy atom. The molecule has 13 heavy (non-hydrogen) atoms. The van der Waals surface area contributed by atoms with Gasteiger partial charge >= 0.3 is 5.97 Å². The van der Waals surface area contributed by atoms with Crippen molar-refractivity contribution in [1.29, 1.82) is 0 Å². The zero-order chi connectivity index (χ0) is 10.3. The largest absolute Gasteiger partial charge is 0.462 e. The average molecular weight is 185 g/mol. The van der Waals surface area contributed by atoms with Crippen LogP contribution in [0.1, 0.15) is 13.8 Å². The Labute approximate surface area is 78.0 Å². The van der Waals surface area contributed by atoms with E-state index in [-0.39, 0.29) is 5.91 Å². The van der Waals surface area contributed by atoms with Gasteiger partial charge in [0.2, 0.25) is 5.91 Å². The van der Waals surface area contributed by atoms with Gasteiger partial charge in [0.15, 0.2) is 0 Å². The van der Waals surface area contributed by atoms with Crippen molar-refractivity contribution in [3.63, 3.8) is 0 Å². The van der Waals surface area contributed by atoms with Crippen molar-refractivity contribution in [2.45, 2.75) is 13.8 Å². The van der Waals surface area contributed by atoms with Crippen LogP contribution in [0.25, 0.3) is 0 Å². The minimum atomic E-state index is -0.489. The monoisotopic (exact) mass is 185 g/mol. The molecule has 0 aliphatic heterocycles. The Balaban J connectivity index is 3.74. The first kappa shape index (κ1) is 11.7. The third-order valence-electron chi connectivity index (χ3n) is 1.18. The summed E-state index contributed by atoms with van der Waals surface area (Å²) < 4.78 is 4.79. The van der Waals surface area contributed by atoms with E-state index in [4.69, 9.17) is 4.74 Å². The number of nitrogens with one attached hydrogen (secondary N) is 1. The van der Waals surface area contributed by atoms with Crippen molar-refractivity contribution < 1.29 is 14.3 Å². The van der Waals surface area contributed by atoms with Crippen LogP contribution in [0.5, 0.6) is 0 Å². The summed E-state index contributed by atoms with van der Waals surface area (Å²) in [6.45, 7) is 4.25. The normalized spacial score (nSPS) is 10.5. The van der Waals surface area contributed by atoms with Crippen molar-refractivity contribution in [3.05, 3.63) is 12.2 Å². The maximum absolute atomic E-state index is 10.9. The van der Waals surface area contributed by atoms with Crippen LogP contribution in [-0.4, -0.2) is 25.5 Å². The molecule has 4 nitrogen and oxygen atoms in total. The van der Waals surface area contributed by atoms with Gasteiger partial charge in [0.05, 0.1) is 6.61 Å². The standard InChI is InChI=1S/C9H15NO3/c1-7(2)6-13-9(12)5-4-8(11)10-3/h4-5,7H,6H2,1-3H3,(H,10,11). The third kappa shape index (κ3) is 7.05. The van der Waals surface area contributed by atoms with Gasteiger partial charge in [0.25, 0.3) is 0 Å². The van der Waals surface area contributed by atoms with E-state index in [1.165, 1.54) is 7.05 Å².